The number of aliphatic hydroxyl groups is 1. The highest BCUT2D eigenvalue weighted by atomic mass is 35.5. The molecular weight excluding hydrogens is 625 g/mol. The summed E-state index contributed by atoms with van der Waals surface area (Å²) >= 11 is 6.53. The highest BCUT2D eigenvalue weighted by Gasteiger charge is 2.66. The fourth-order valence-electron chi connectivity index (χ4n) is 7.78. The van der Waals surface area contributed by atoms with Gasteiger partial charge in [-0.1, -0.05) is 48.7 Å². The number of aryl methyl sites for hydroxylation is 1. The zero-order valence-electron chi connectivity index (χ0n) is 26.8. The van der Waals surface area contributed by atoms with E-state index in [2.05, 4.69) is 10.3 Å². The molecule has 3 aliphatic rings. The summed E-state index contributed by atoms with van der Waals surface area (Å²) in [5, 5.41) is 18.0. The van der Waals surface area contributed by atoms with Gasteiger partial charge in [0.15, 0.2) is 5.60 Å². The van der Waals surface area contributed by atoms with Gasteiger partial charge in [0.2, 0.25) is 14.3 Å². The fraction of sp³-hybridized carbons (Fsp3) is 0.529. The van der Waals surface area contributed by atoms with E-state index in [0.717, 1.165) is 36.9 Å². The summed E-state index contributed by atoms with van der Waals surface area (Å²) in [7, 11) is -3.32. The second-order valence-electron chi connectivity index (χ2n) is 13.4. The zero-order chi connectivity index (χ0) is 32.6. The molecule has 4 heterocycles. The average Bonchev–Trinajstić information content (AvgIpc) is 3.65. The summed E-state index contributed by atoms with van der Waals surface area (Å²) in [6.07, 6.45) is 6.83. The molecule has 3 aliphatic heterocycles. The number of anilines is 2. The number of amides is 2. The van der Waals surface area contributed by atoms with Crippen LogP contribution in [0.1, 0.15) is 62.3 Å². The monoisotopic (exact) mass is 667 g/mol. The minimum absolute atomic E-state index is 0.0168. The molecule has 0 unspecified atom stereocenters. The van der Waals surface area contributed by atoms with Gasteiger partial charge in [0, 0.05) is 66.5 Å². The molecule has 1 aromatic heterocycles. The van der Waals surface area contributed by atoms with Gasteiger partial charge in [-0.3, -0.25) is 14.3 Å². The van der Waals surface area contributed by atoms with Gasteiger partial charge in [0.1, 0.15) is 0 Å². The Morgan fingerprint density at radius 3 is 2.61 bits per heavy atom. The molecule has 0 bridgehead atoms. The van der Waals surface area contributed by atoms with E-state index in [9.17, 15) is 14.7 Å². The normalized spacial score (nSPS) is 25.3. The van der Waals surface area contributed by atoms with Crippen LogP contribution >= 0.6 is 11.6 Å². The predicted molar refractivity (Wildman–Crippen MR) is 178 cm³/mol. The predicted octanol–water partition coefficient (Wildman–Crippen LogP) is 6.18. The molecule has 1 N–H and O–H groups in total. The Kier molecular flexibility index (Phi) is 9.40. The first-order valence-corrected chi connectivity index (χ1v) is 19.7. The van der Waals surface area contributed by atoms with Gasteiger partial charge in [0.25, 0.3) is 5.91 Å². The number of carbonyl (C=O) groups excluding carboxylic acids is 2. The maximum absolute atomic E-state index is 16.2. The fourth-order valence-corrected chi connectivity index (χ4v) is 10.5. The molecule has 0 radical (unpaired) electrons. The van der Waals surface area contributed by atoms with Crippen LogP contribution in [0, 0.1) is 5.92 Å². The number of nitrogens with zero attached hydrogens (tertiary/aromatic N) is 5. The lowest BCUT2D eigenvalue weighted by Gasteiger charge is -2.31. The topological polar surface area (TPSA) is 101 Å². The molecule has 2 saturated heterocycles. The smallest absolute Gasteiger partial charge is 0.264 e. The minimum Gasteiger partial charge on any atom is -0.396 e. The van der Waals surface area contributed by atoms with Crippen LogP contribution in [-0.4, -0.2) is 59.6 Å². The highest BCUT2D eigenvalue weighted by molar-refractivity contribution is 6.72. The van der Waals surface area contributed by atoms with Gasteiger partial charge < -0.3 is 23.8 Å². The van der Waals surface area contributed by atoms with Crippen LogP contribution in [0.15, 0.2) is 48.7 Å². The van der Waals surface area contributed by atoms with E-state index in [1.165, 1.54) is 0 Å². The average molecular weight is 668 g/mol. The SMILES string of the molecule is C[C@H]1[C@H]([Si](C)(C)F)[C@@H](CCn2cc(CCO)nn2)O[C@]12C(=O)N(Cc1ccc(N3CCCCCCC3=O)cc1)c1ccc(Cl)cc12. The molecule has 2 amide bonds. The molecule has 3 aromatic rings. The third-order valence-corrected chi connectivity index (χ3v) is 12.6. The van der Waals surface area contributed by atoms with Gasteiger partial charge in [-0.15, -0.1) is 5.10 Å². The maximum Gasteiger partial charge on any atom is 0.264 e. The van der Waals surface area contributed by atoms with Crippen LogP contribution in [0.25, 0.3) is 0 Å². The number of hydrogen-bond donors (Lipinski definition) is 1. The number of fused-ring (bicyclic) bond motifs is 2. The van der Waals surface area contributed by atoms with Gasteiger partial charge in [-0.2, -0.15) is 0 Å². The highest BCUT2D eigenvalue weighted by Crippen LogP contribution is 2.60. The molecule has 2 aromatic carbocycles. The van der Waals surface area contributed by atoms with Crippen molar-refractivity contribution in [1.82, 2.24) is 15.0 Å². The number of rotatable bonds is 9. The quantitative estimate of drug-likeness (QED) is 0.216. The van der Waals surface area contributed by atoms with E-state index in [1.54, 1.807) is 41.0 Å². The molecule has 2 fully saturated rings. The Bertz CT molecular complexity index is 1580. The lowest BCUT2D eigenvalue weighted by molar-refractivity contribution is -0.146. The number of aliphatic hydroxyl groups excluding tert-OH is 1. The van der Waals surface area contributed by atoms with Crippen molar-refractivity contribution in [3.63, 3.8) is 0 Å². The van der Waals surface area contributed by atoms with Crippen molar-refractivity contribution in [2.75, 3.05) is 23.0 Å². The van der Waals surface area contributed by atoms with Crippen molar-refractivity contribution in [2.24, 2.45) is 5.92 Å². The second-order valence-corrected chi connectivity index (χ2v) is 17.7. The summed E-state index contributed by atoms with van der Waals surface area (Å²) in [6, 6.07) is 13.3. The van der Waals surface area contributed by atoms with Crippen LogP contribution in [0.3, 0.4) is 0 Å². The number of ether oxygens (including phenoxy) is 1. The van der Waals surface area contributed by atoms with Gasteiger partial charge in [-0.05, 0) is 68.3 Å². The van der Waals surface area contributed by atoms with Crippen molar-refractivity contribution in [3.05, 3.63) is 70.5 Å². The van der Waals surface area contributed by atoms with E-state index < -0.39 is 31.6 Å². The summed E-state index contributed by atoms with van der Waals surface area (Å²) in [4.78, 5) is 31.1. The van der Waals surface area contributed by atoms with Crippen LogP contribution in [0.5, 0.6) is 0 Å². The first kappa shape index (κ1) is 32.8. The number of carbonyl (C=O) groups is 2. The van der Waals surface area contributed by atoms with Crippen molar-refractivity contribution in [1.29, 1.82) is 0 Å². The maximum atomic E-state index is 16.2. The molecule has 4 atom stereocenters. The van der Waals surface area contributed by atoms with Crippen molar-refractivity contribution < 1.29 is 23.5 Å². The molecule has 6 rings (SSSR count). The Hall–Kier alpha value is -3.12. The largest absolute Gasteiger partial charge is 0.396 e. The van der Waals surface area contributed by atoms with Crippen LogP contribution in [0.4, 0.5) is 15.5 Å². The zero-order valence-corrected chi connectivity index (χ0v) is 28.5. The first-order valence-electron chi connectivity index (χ1n) is 16.4. The second kappa shape index (κ2) is 13.2. The van der Waals surface area contributed by atoms with E-state index in [-0.39, 0.29) is 18.4 Å². The van der Waals surface area contributed by atoms with E-state index in [4.69, 9.17) is 16.3 Å². The van der Waals surface area contributed by atoms with Crippen LogP contribution in [0.2, 0.25) is 23.7 Å². The summed E-state index contributed by atoms with van der Waals surface area (Å²) in [5.74, 6) is -0.489. The number of hydrogen-bond acceptors (Lipinski definition) is 6. The third kappa shape index (κ3) is 6.14. The minimum atomic E-state index is -3.32. The molecule has 0 aliphatic carbocycles. The Morgan fingerprint density at radius 1 is 1.11 bits per heavy atom. The summed E-state index contributed by atoms with van der Waals surface area (Å²) < 4.78 is 24.7. The molecule has 1 spiro atoms. The third-order valence-electron chi connectivity index (χ3n) is 9.93. The molecule has 46 heavy (non-hydrogen) atoms. The lowest BCUT2D eigenvalue weighted by Crippen LogP contribution is -2.45. The van der Waals surface area contributed by atoms with E-state index >= 15 is 4.11 Å². The summed E-state index contributed by atoms with van der Waals surface area (Å²) in [6.45, 7) is 6.76. The Labute approximate surface area is 275 Å². The van der Waals surface area contributed by atoms with Crippen molar-refractivity contribution in [3.8, 4) is 0 Å². The van der Waals surface area contributed by atoms with Crippen molar-refractivity contribution in [2.45, 2.75) is 95.3 Å². The molecule has 12 heteroatoms. The van der Waals surface area contributed by atoms with E-state index in [0.29, 0.717) is 60.9 Å². The molecule has 0 saturated carbocycles. The molecule has 246 valence electrons. The van der Waals surface area contributed by atoms with E-state index in [1.807, 2.05) is 42.2 Å². The van der Waals surface area contributed by atoms with Crippen molar-refractivity contribution >= 4 is 43.2 Å². The van der Waals surface area contributed by atoms with Gasteiger partial charge >= 0.3 is 0 Å². The number of aromatic nitrogens is 3. The number of benzene rings is 2. The lowest BCUT2D eigenvalue weighted by atomic mass is 9.82. The van der Waals surface area contributed by atoms with Gasteiger partial charge in [-0.25, -0.2) is 0 Å². The molecule has 9 nitrogen and oxygen atoms in total. The molecular formula is C34H43ClFN5O4Si. The first-order chi connectivity index (χ1) is 22.0. The Balaban J connectivity index is 1.28. The van der Waals surface area contributed by atoms with Crippen LogP contribution < -0.4 is 9.80 Å². The van der Waals surface area contributed by atoms with Gasteiger partial charge in [0.05, 0.1) is 24.0 Å². The standard InChI is InChI=1S/C34H43ClFN5O4Si/c1-23-32(46(2,3)36)30(15-18-39-22-26(16-19-42)37-38-39)45-34(23)28-20-25(35)11-14-29(28)41(33(34)44)21-24-9-12-27(13-10-24)40-17-7-5-4-6-8-31(40)43/h9-14,20,22-23,30,32,42H,4-8,15-19,21H2,1-3H3/t23-,30+,32-,34+/m0/s1. The van der Waals surface area contributed by atoms with Crippen LogP contribution in [-0.2, 0) is 39.4 Å². The summed E-state index contributed by atoms with van der Waals surface area (Å²) in [5.41, 5.74) is 2.05. The number of halogens is 2. The Morgan fingerprint density at radius 2 is 1.87 bits per heavy atom.